The van der Waals surface area contributed by atoms with Gasteiger partial charge in [0.2, 0.25) is 0 Å². The van der Waals surface area contributed by atoms with Crippen LogP contribution in [-0.2, 0) is 0 Å². The molecule has 0 unspecified atom stereocenters. The van der Waals surface area contributed by atoms with Crippen molar-refractivity contribution in [3.63, 3.8) is 0 Å². The van der Waals surface area contributed by atoms with E-state index in [2.05, 4.69) is 0 Å². The second-order valence-corrected chi connectivity index (χ2v) is 8.87. The summed E-state index contributed by atoms with van der Waals surface area (Å²) in [6, 6.07) is 17.6. The smallest absolute Gasteiger partial charge is 0.198 e. The zero-order valence-corrected chi connectivity index (χ0v) is 19.8. The molecule has 6 rings (SSSR count). The first-order valence-corrected chi connectivity index (χ1v) is 11.4. The minimum absolute atomic E-state index is 0.0969. The number of aromatic hydroxyl groups is 3. The topological polar surface area (TPSA) is 129 Å². The SMILES string of the molecule is Cc1cc(O)c2c(c1O)C(=O)c1ccccc1C2=O.Cc1ccc2c(c1O)C(=O)c1ccccc1C2=O. The second kappa shape index (κ2) is 8.57. The minimum Gasteiger partial charge on any atom is -0.507 e. The number of carbonyl (C=O) groups is 4. The van der Waals surface area contributed by atoms with Crippen molar-refractivity contribution in [2.75, 3.05) is 0 Å². The molecule has 0 bridgehead atoms. The molecule has 0 fully saturated rings. The highest BCUT2D eigenvalue weighted by Crippen LogP contribution is 2.39. The van der Waals surface area contributed by atoms with E-state index in [4.69, 9.17) is 0 Å². The summed E-state index contributed by atoms with van der Waals surface area (Å²) in [6.45, 7) is 3.27. The Morgan fingerprint density at radius 1 is 0.459 bits per heavy atom. The van der Waals surface area contributed by atoms with Gasteiger partial charge in [0.05, 0.1) is 16.7 Å². The fraction of sp³-hybridized carbons (Fsp3) is 0.0667. The van der Waals surface area contributed by atoms with Gasteiger partial charge in [0.25, 0.3) is 0 Å². The third-order valence-corrected chi connectivity index (χ3v) is 6.61. The van der Waals surface area contributed by atoms with E-state index in [1.165, 1.54) is 18.2 Å². The van der Waals surface area contributed by atoms with E-state index in [0.29, 0.717) is 22.3 Å². The number of rotatable bonds is 0. The fourth-order valence-electron chi connectivity index (χ4n) is 4.66. The van der Waals surface area contributed by atoms with Gasteiger partial charge in [-0.15, -0.1) is 0 Å². The number of benzene rings is 4. The van der Waals surface area contributed by atoms with E-state index in [9.17, 15) is 34.5 Å². The van der Waals surface area contributed by atoms with Crippen LogP contribution in [0.3, 0.4) is 0 Å². The van der Waals surface area contributed by atoms with E-state index in [-0.39, 0.29) is 62.2 Å². The highest BCUT2D eigenvalue weighted by atomic mass is 16.3. The van der Waals surface area contributed by atoms with Gasteiger partial charge < -0.3 is 15.3 Å². The summed E-state index contributed by atoms with van der Waals surface area (Å²) in [5.74, 6) is -2.02. The molecule has 7 nitrogen and oxygen atoms in total. The molecular formula is C30H20O7. The molecule has 0 aromatic heterocycles. The molecule has 2 aliphatic rings. The van der Waals surface area contributed by atoms with Crippen LogP contribution in [0, 0.1) is 13.8 Å². The van der Waals surface area contributed by atoms with Crippen molar-refractivity contribution in [3.8, 4) is 17.2 Å². The van der Waals surface area contributed by atoms with Crippen LogP contribution in [0.15, 0.2) is 66.7 Å². The standard InChI is InChI=1S/C15H10O4.C15H10O3/c1-7-6-10(16)11-12(13(7)17)15(19)9-5-3-2-4-8(9)14(11)18;1-8-6-7-11-12(13(8)16)15(18)10-5-3-2-4-9(10)14(11)17/h2-6,16-17H,1H3;2-7,16H,1H3. The van der Waals surface area contributed by atoms with Gasteiger partial charge in [-0.3, -0.25) is 19.2 Å². The van der Waals surface area contributed by atoms with Gasteiger partial charge in [-0.25, -0.2) is 0 Å². The normalized spacial score (nSPS) is 13.1. The van der Waals surface area contributed by atoms with Gasteiger partial charge in [0.15, 0.2) is 23.1 Å². The van der Waals surface area contributed by atoms with E-state index < -0.39 is 11.6 Å². The number of aryl methyl sites for hydroxylation is 2. The van der Waals surface area contributed by atoms with Crippen LogP contribution in [0.2, 0.25) is 0 Å². The maximum atomic E-state index is 12.4. The first kappa shape index (κ1) is 23.7. The maximum Gasteiger partial charge on any atom is 0.198 e. The molecule has 182 valence electrons. The van der Waals surface area contributed by atoms with Crippen LogP contribution in [0.1, 0.15) is 74.8 Å². The van der Waals surface area contributed by atoms with Gasteiger partial charge in [-0.1, -0.05) is 54.6 Å². The summed E-state index contributed by atoms with van der Waals surface area (Å²) in [5, 5.41) is 29.9. The molecule has 0 aliphatic heterocycles. The number of phenolic OH excluding ortho intramolecular Hbond substituents is 3. The number of carbonyl (C=O) groups excluding carboxylic acids is 4. The molecular weight excluding hydrogens is 472 g/mol. The first-order valence-electron chi connectivity index (χ1n) is 11.4. The van der Waals surface area contributed by atoms with Crippen LogP contribution >= 0.6 is 0 Å². The molecule has 0 heterocycles. The lowest BCUT2D eigenvalue weighted by molar-refractivity contribution is 0.0974. The van der Waals surface area contributed by atoms with Crippen molar-refractivity contribution in [1.82, 2.24) is 0 Å². The zero-order chi connectivity index (χ0) is 26.6. The summed E-state index contributed by atoms with van der Waals surface area (Å²) in [4.78, 5) is 49.2. The number of fused-ring (bicyclic) bond motifs is 4. The Balaban J connectivity index is 0.000000152. The van der Waals surface area contributed by atoms with E-state index in [1.54, 1.807) is 62.4 Å². The lowest BCUT2D eigenvalue weighted by Gasteiger charge is -2.20. The lowest BCUT2D eigenvalue weighted by atomic mass is 9.82. The number of ketones is 4. The quantitative estimate of drug-likeness (QED) is 0.263. The monoisotopic (exact) mass is 492 g/mol. The van der Waals surface area contributed by atoms with Crippen LogP contribution in [-0.4, -0.2) is 38.5 Å². The molecule has 0 saturated heterocycles. The molecule has 2 aliphatic carbocycles. The van der Waals surface area contributed by atoms with E-state index in [0.717, 1.165) is 0 Å². The van der Waals surface area contributed by atoms with Crippen molar-refractivity contribution >= 4 is 23.1 Å². The molecule has 7 heteroatoms. The Hall–Kier alpha value is -5.04. The van der Waals surface area contributed by atoms with Crippen LogP contribution < -0.4 is 0 Å². The third kappa shape index (κ3) is 3.51. The maximum absolute atomic E-state index is 12.4. The molecule has 0 saturated carbocycles. The number of phenols is 3. The molecule has 0 spiro atoms. The van der Waals surface area contributed by atoms with Gasteiger partial charge in [-0.2, -0.15) is 0 Å². The average molecular weight is 492 g/mol. The fourth-order valence-corrected chi connectivity index (χ4v) is 4.66. The highest BCUT2D eigenvalue weighted by Gasteiger charge is 2.35. The minimum atomic E-state index is -0.446. The lowest BCUT2D eigenvalue weighted by Crippen LogP contribution is -2.21. The van der Waals surface area contributed by atoms with Crippen molar-refractivity contribution < 1.29 is 34.5 Å². The van der Waals surface area contributed by atoms with Gasteiger partial charge >= 0.3 is 0 Å². The second-order valence-electron chi connectivity index (χ2n) is 8.87. The molecule has 4 aromatic rings. The summed E-state index contributed by atoms with van der Waals surface area (Å²) < 4.78 is 0. The summed E-state index contributed by atoms with van der Waals surface area (Å²) >= 11 is 0. The van der Waals surface area contributed by atoms with Crippen LogP contribution in [0.5, 0.6) is 17.2 Å². The third-order valence-electron chi connectivity index (χ3n) is 6.61. The molecule has 4 aromatic carbocycles. The van der Waals surface area contributed by atoms with Crippen LogP contribution in [0.4, 0.5) is 0 Å². The van der Waals surface area contributed by atoms with Gasteiger partial charge in [-0.05, 0) is 37.1 Å². The van der Waals surface area contributed by atoms with Crippen LogP contribution in [0.25, 0.3) is 0 Å². The average Bonchev–Trinajstić information content (AvgIpc) is 2.90. The molecule has 0 radical (unpaired) electrons. The van der Waals surface area contributed by atoms with Crippen molar-refractivity contribution in [2.24, 2.45) is 0 Å². The summed E-state index contributed by atoms with van der Waals surface area (Å²) in [7, 11) is 0. The summed E-state index contributed by atoms with van der Waals surface area (Å²) in [6.07, 6.45) is 0. The van der Waals surface area contributed by atoms with E-state index in [1.807, 2.05) is 0 Å². The zero-order valence-electron chi connectivity index (χ0n) is 19.8. The largest absolute Gasteiger partial charge is 0.507 e. The summed E-state index contributed by atoms with van der Waals surface area (Å²) in [5.41, 5.74) is 2.38. The molecule has 37 heavy (non-hydrogen) atoms. The Bertz CT molecular complexity index is 1690. The van der Waals surface area contributed by atoms with E-state index >= 15 is 0 Å². The highest BCUT2D eigenvalue weighted by molar-refractivity contribution is 6.30. The predicted molar refractivity (Wildman–Crippen MR) is 134 cm³/mol. The number of hydrogen-bond acceptors (Lipinski definition) is 7. The van der Waals surface area contributed by atoms with Gasteiger partial charge in [0, 0.05) is 27.8 Å². The first-order chi connectivity index (χ1) is 17.6. The Labute approximate surface area is 211 Å². The van der Waals surface area contributed by atoms with Crippen molar-refractivity contribution in [3.05, 3.63) is 122 Å². The molecule has 3 N–H and O–H groups in total. The Kier molecular flexibility index (Phi) is 5.48. The number of hydrogen-bond donors (Lipinski definition) is 3. The van der Waals surface area contributed by atoms with Crippen molar-refractivity contribution in [1.29, 1.82) is 0 Å². The van der Waals surface area contributed by atoms with Crippen molar-refractivity contribution in [2.45, 2.75) is 13.8 Å². The Morgan fingerprint density at radius 2 is 0.892 bits per heavy atom. The molecule has 0 atom stereocenters. The Morgan fingerprint density at radius 3 is 1.43 bits per heavy atom. The predicted octanol–water partition coefficient (Wildman–Crippen LogP) is 4.66. The molecule has 0 amide bonds. The van der Waals surface area contributed by atoms with Gasteiger partial charge in [0.1, 0.15) is 17.2 Å².